The van der Waals surface area contributed by atoms with Crippen LogP contribution < -0.4 is 0 Å². The molecule has 4 nitrogen and oxygen atoms in total. The van der Waals surface area contributed by atoms with E-state index < -0.39 is 5.54 Å². The van der Waals surface area contributed by atoms with Crippen LogP contribution in [0.2, 0.25) is 0 Å². The van der Waals surface area contributed by atoms with Crippen molar-refractivity contribution in [2.24, 2.45) is 0 Å². The number of carbonyl (C=O) groups excluding carboxylic acids is 2. The number of aryl methyl sites for hydroxylation is 2. The van der Waals surface area contributed by atoms with E-state index in [1.807, 2.05) is 49.9 Å². The quantitative estimate of drug-likeness (QED) is 0.356. The highest BCUT2D eigenvalue weighted by atomic mass is 32.1. The van der Waals surface area contributed by atoms with Crippen LogP contribution in [0.15, 0.2) is 60.0 Å². The number of rotatable bonds is 7. The van der Waals surface area contributed by atoms with Crippen LogP contribution in [0.4, 0.5) is 0 Å². The smallest absolute Gasteiger partial charge is 0.254 e. The second-order valence-corrected chi connectivity index (χ2v) is 11.8. The van der Waals surface area contributed by atoms with Gasteiger partial charge >= 0.3 is 0 Å². The molecule has 2 amide bonds. The van der Waals surface area contributed by atoms with E-state index in [-0.39, 0.29) is 24.4 Å². The van der Waals surface area contributed by atoms with Crippen molar-refractivity contribution in [2.45, 2.75) is 71.9 Å². The first-order valence-corrected chi connectivity index (χ1v) is 13.9. The molecule has 4 rings (SSSR count). The molecule has 0 radical (unpaired) electrons. The van der Waals surface area contributed by atoms with Gasteiger partial charge in [-0.3, -0.25) is 9.59 Å². The van der Waals surface area contributed by atoms with Crippen LogP contribution in [0, 0.1) is 6.92 Å². The molecule has 0 unspecified atom stereocenters. The van der Waals surface area contributed by atoms with E-state index in [9.17, 15) is 9.59 Å². The zero-order valence-corrected chi connectivity index (χ0v) is 23.0. The van der Waals surface area contributed by atoms with Crippen LogP contribution in [0.1, 0.15) is 84.1 Å². The highest BCUT2D eigenvalue weighted by Gasteiger charge is 2.36. The van der Waals surface area contributed by atoms with E-state index in [0.717, 1.165) is 31.2 Å². The van der Waals surface area contributed by atoms with Crippen molar-refractivity contribution in [3.8, 4) is 0 Å². The van der Waals surface area contributed by atoms with Gasteiger partial charge in [-0.15, -0.1) is 11.3 Å². The molecule has 0 N–H and O–H groups in total. The molecule has 36 heavy (non-hydrogen) atoms. The number of fused-ring (bicyclic) bond motifs is 1. The highest BCUT2D eigenvalue weighted by Crippen LogP contribution is 2.38. The number of nitrogens with zero attached hydrogens (tertiary/aromatic N) is 2. The van der Waals surface area contributed by atoms with E-state index in [1.54, 1.807) is 16.2 Å². The number of carbonyl (C=O) groups is 2. The Morgan fingerprint density at radius 1 is 1.03 bits per heavy atom. The predicted molar refractivity (Wildman–Crippen MR) is 149 cm³/mol. The molecule has 2 heterocycles. The number of hydrogen-bond acceptors (Lipinski definition) is 3. The van der Waals surface area contributed by atoms with Crippen LogP contribution in [0.25, 0.3) is 0 Å². The Bertz CT molecular complexity index is 1190. The maximum Gasteiger partial charge on any atom is 0.254 e. The van der Waals surface area contributed by atoms with Gasteiger partial charge in [0, 0.05) is 22.5 Å². The van der Waals surface area contributed by atoms with Crippen molar-refractivity contribution in [1.29, 1.82) is 0 Å². The van der Waals surface area contributed by atoms with Gasteiger partial charge in [-0.25, -0.2) is 0 Å². The average Bonchev–Trinajstić information content (AvgIpc) is 3.34. The summed E-state index contributed by atoms with van der Waals surface area (Å²) in [4.78, 5) is 32.6. The largest absolute Gasteiger partial charge is 0.330 e. The van der Waals surface area contributed by atoms with E-state index in [4.69, 9.17) is 0 Å². The van der Waals surface area contributed by atoms with Crippen LogP contribution in [0.5, 0.6) is 0 Å². The standard InChI is InChI=1S/C31H38N2O2S/c1-6-7-8-23-11-15-25(16-12-23)30(35)33(31(3,4)5)21-28(34)32-19-17-27-26(18-20-36-27)29(32)24-13-9-22(2)10-14-24/h9-16,18,20,29H,6-8,17,19,21H2,1-5H3/t29-/m1/s1. The van der Waals surface area contributed by atoms with Gasteiger partial charge in [0.15, 0.2) is 0 Å². The van der Waals surface area contributed by atoms with Crippen molar-refractivity contribution in [2.75, 3.05) is 13.1 Å². The molecule has 1 aliphatic rings. The van der Waals surface area contributed by atoms with Gasteiger partial charge in [0.2, 0.25) is 5.91 Å². The zero-order chi connectivity index (χ0) is 25.9. The summed E-state index contributed by atoms with van der Waals surface area (Å²) >= 11 is 1.76. The fourth-order valence-corrected chi connectivity index (χ4v) is 5.79. The van der Waals surface area contributed by atoms with Crippen LogP contribution in [0.3, 0.4) is 0 Å². The zero-order valence-electron chi connectivity index (χ0n) is 22.2. The molecule has 1 aliphatic heterocycles. The highest BCUT2D eigenvalue weighted by molar-refractivity contribution is 7.10. The van der Waals surface area contributed by atoms with E-state index >= 15 is 0 Å². The monoisotopic (exact) mass is 502 g/mol. The van der Waals surface area contributed by atoms with E-state index in [0.29, 0.717) is 12.1 Å². The lowest BCUT2D eigenvalue weighted by atomic mass is 9.92. The Morgan fingerprint density at radius 2 is 1.72 bits per heavy atom. The predicted octanol–water partition coefficient (Wildman–Crippen LogP) is 6.81. The molecule has 2 aromatic carbocycles. The number of amides is 2. The molecular weight excluding hydrogens is 464 g/mol. The molecule has 0 fully saturated rings. The second kappa shape index (κ2) is 11.0. The number of unbranched alkanes of at least 4 members (excludes halogenated alkanes) is 1. The Hall–Kier alpha value is -2.92. The minimum absolute atomic E-state index is 0.0136. The number of thiophene rings is 1. The number of hydrogen-bond donors (Lipinski definition) is 0. The first kappa shape index (κ1) is 26.2. The molecule has 1 aromatic heterocycles. The first-order chi connectivity index (χ1) is 17.2. The summed E-state index contributed by atoms with van der Waals surface area (Å²) in [5.74, 6) is -0.113. The molecule has 1 atom stereocenters. The van der Waals surface area contributed by atoms with Gasteiger partial charge in [0.1, 0.15) is 6.54 Å². The maximum atomic E-state index is 13.9. The molecular formula is C31H38N2O2S. The third-order valence-electron chi connectivity index (χ3n) is 7.05. The second-order valence-electron chi connectivity index (χ2n) is 10.8. The van der Waals surface area contributed by atoms with Gasteiger partial charge in [0.05, 0.1) is 6.04 Å². The van der Waals surface area contributed by atoms with Crippen molar-refractivity contribution >= 4 is 23.2 Å². The van der Waals surface area contributed by atoms with Gasteiger partial charge in [-0.1, -0.05) is 55.3 Å². The Morgan fingerprint density at radius 3 is 2.36 bits per heavy atom. The van der Waals surface area contributed by atoms with Gasteiger partial charge < -0.3 is 9.80 Å². The summed E-state index contributed by atoms with van der Waals surface area (Å²) in [5.41, 5.74) is 4.91. The van der Waals surface area contributed by atoms with E-state index in [2.05, 4.69) is 49.6 Å². The van der Waals surface area contributed by atoms with Crippen LogP contribution in [-0.4, -0.2) is 40.2 Å². The van der Waals surface area contributed by atoms with Crippen LogP contribution >= 0.6 is 11.3 Å². The lowest BCUT2D eigenvalue weighted by Crippen LogP contribution is -2.52. The lowest BCUT2D eigenvalue weighted by Gasteiger charge is -2.40. The normalized spacial score (nSPS) is 15.5. The minimum Gasteiger partial charge on any atom is -0.330 e. The summed E-state index contributed by atoms with van der Waals surface area (Å²) in [6.45, 7) is 11.0. The molecule has 0 bridgehead atoms. The fraction of sp³-hybridized carbons (Fsp3) is 0.419. The molecule has 0 spiro atoms. The van der Waals surface area contributed by atoms with Crippen molar-refractivity contribution < 1.29 is 9.59 Å². The molecule has 3 aromatic rings. The molecule has 190 valence electrons. The topological polar surface area (TPSA) is 40.6 Å². The Kier molecular flexibility index (Phi) is 7.99. The van der Waals surface area contributed by atoms with Gasteiger partial charge in [-0.2, -0.15) is 0 Å². The Balaban J connectivity index is 1.59. The third kappa shape index (κ3) is 5.73. The SMILES string of the molecule is CCCCc1ccc(C(=O)N(CC(=O)N2CCc3sccc3[C@H]2c2ccc(C)cc2)C(C)(C)C)cc1. The minimum atomic E-state index is -0.490. The lowest BCUT2D eigenvalue weighted by molar-refractivity contribution is -0.135. The Labute approximate surface area is 219 Å². The maximum absolute atomic E-state index is 13.9. The van der Waals surface area contributed by atoms with Crippen molar-refractivity contribution in [1.82, 2.24) is 9.80 Å². The summed E-state index contributed by atoms with van der Waals surface area (Å²) in [7, 11) is 0. The van der Waals surface area contributed by atoms with Crippen molar-refractivity contribution in [3.05, 3.63) is 92.7 Å². The summed E-state index contributed by atoms with van der Waals surface area (Å²) in [6.07, 6.45) is 4.16. The molecule has 5 heteroatoms. The third-order valence-corrected chi connectivity index (χ3v) is 8.04. The molecule has 0 aliphatic carbocycles. The summed E-state index contributed by atoms with van der Waals surface area (Å²) in [5, 5.41) is 2.12. The fourth-order valence-electron chi connectivity index (χ4n) is 4.88. The van der Waals surface area contributed by atoms with Crippen LogP contribution in [-0.2, 0) is 17.6 Å². The van der Waals surface area contributed by atoms with Gasteiger partial charge in [-0.05, 0) is 87.2 Å². The summed E-state index contributed by atoms with van der Waals surface area (Å²) in [6, 6.07) is 18.4. The van der Waals surface area contributed by atoms with Gasteiger partial charge in [0.25, 0.3) is 5.91 Å². The summed E-state index contributed by atoms with van der Waals surface area (Å²) < 4.78 is 0. The molecule has 0 saturated heterocycles. The first-order valence-electron chi connectivity index (χ1n) is 13.0. The average molecular weight is 503 g/mol. The molecule has 0 saturated carbocycles. The van der Waals surface area contributed by atoms with Crippen molar-refractivity contribution in [3.63, 3.8) is 0 Å². The van der Waals surface area contributed by atoms with E-state index in [1.165, 1.54) is 21.6 Å². The number of benzene rings is 2.